The number of hydrogen-bond acceptors (Lipinski definition) is 3. The lowest BCUT2D eigenvalue weighted by atomic mass is 10.3. The molecule has 0 aromatic rings. The van der Waals surface area contributed by atoms with Gasteiger partial charge in [-0.2, -0.15) is 11.8 Å². The lowest BCUT2D eigenvalue weighted by Gasteiger charge is -2.08. The van der Waals surface area contributed by atoms with E-state index in [9.17, 15) is 4.79 Å². The van der Waals surface area contributed by atoms with E-state index < -0.39 is 0 Å². The van der Waals surface area contributed by atoms with E-state index in [1.807, 2.05) is 6.92 Å². The maximum atomic E-state index is 11.0. The molecule has 1 unspecified atom stereocenters. The summed E-state index contributed by atoms with van der Waals surface area (Å²) in [6.45, 7) is 4.92. The van der Waals surface area contributed by atoms with Gasteiger partial charge in [-0.15, -0.1) is 0 Å². The summed E-state index contributed by atoms with van der Waals surface area (Å²) in [5.74, 6) is 0.957. The van der Waals surface area contributed by atoms with E-state index in [0.29, 0.717) is 18.2 Å². The third-order valence-corrected chi connectivity index (χ3v) is 2.89. The summed E-state index contributed by atoms with van der Waals surface area (Å²) >= 11 is 1.73. The average Bonchev–Trinajstić information content (AvgIpc) is 2.05. The van der Waals surface area contributed by atoms with Crippen LogP contribution < -0.4 is 5.32 Å². The van der Waals surface area contributed by atoms with Crippen molar-refractivity contribution in [1.82, 2.24) is 5.32 Å². The molecule has 0 fully saturated rings. The van der Waals surface area contributed by atoms with Crippen LogP contribution in [0.15, 0.2) is 0 Å². The lowest BCUT2D eigenvalue weighted by molar-refractivity contribution is -0.120. The molecule has 0 aliphatic carbocycles. The van der Waals surface area contributed by atoms with Crippen molar-refractivity contribution in [2.75, 3.05) is 18.9 Å². The maximum Gasteiger partial charge on any atom is 0.220 e. The number of hydrogen-bond donors (Lipinski definition) is 2. The summed E-state index contributed by atoms with van der Waals surface area (Å²) in [5, 5.41) is 11.8. The van der Waals surface area contributed by atoms with Gasteiger partial charge in [0.05, 0.1) is 0 Å². The van der Waals surface area contributed by atoms with E-state index in [0.717, 1.165) is 12.2 Å². The molecule has 13 heavy (non-hydrogen) atoms. The first kappa shape index (κ1) is 12.8. The molecule has 2 N–H and O–H groups in total. The third kappa shape index (κ3) is 8.12. The maximum absolute atomic E-state index is 11.0. The van der Waals surface area contributed by atoms with E-state index in [1.165, 1.54) is 0 Å². The van der Waals surface area contributed by atoms with Crippen LogP contribution in [0, 0.1) is 0 Å². The van der Waals surface area contributed by atoms with Gasteiger partial charge in [-0.1, -0.05) is 6.92 Å². The SMILES string of the molecule is CCNC(=O)CCSC(C)CCO. The Morgan fingerprint density at radius 1 is 1.62 bits per heavy atom. The number of carbonyl (C=O) groups is 1. The minimum absolute atomic E-state index is 0.117. The molecular formula is C9H19NO2S. The first-order chi connectivity index (χ1) is 6.20. The quantitative estimate of drug-likeness (QED) is 0.652. The zero-order valence-electron chi connectivity index (χ0n) is 8.38. The van der Waals surface area contributed by atoms with Gasteiger partial charge in [0.25, 0.3) is 0 Å². The highest BCUT2D eigenvalue weighted by Crippen LogP contribution is 2.14. The van der Waals surface area contributed by atoms with Crippen molar-refractivity contribution in [2.24, 2.45) is 0 Å². The van der Waals surface area contributed by atoms with Gasteiger partial charge in [0.1, 0.15) is 0 Å². The number of aliphatic hydroxyl groups excluding tert-OH is 1. The minimum atomic E-state index is 0.117. The van der Waals surface area contributed by atoms with Crippen molar-refractivity contribution in [3.63, 3.8) is 0 Å². The van der Waals surface area contributed by atoms with Gasteiger partial charge in [-0.05, 0) is 13.3 Å². The molecule has 0 aromatic heterocycles. The normalized spacial score (nSPS) is 12.5. The van der Waals surface area contributed by atoms with Gasteiger partial charge in [0.2, 0.25) is 5.91 Å². The Morgan fingerprint density at radius 2 is 2.31 bits per heavy atom. The molecule has 0 bridgehead atoms. The molecule has 1 atom stereocenters. The van der Waals surface area contributed by atoms with Crippen LogP contribution in [-0.4, -0.2) is 35.2 Å². The number of amides is 1. The molecule has 0 rings (SSSR count). The number of nitrogens with one attached hydrogen (secondary N) is 1. The molecule has 4 heteroatoms. The minimum Gasteiger partial charge on any atom is -0.396 e. The van der Waals surface area contributed by atoms with Crippen LogP contribution in [0.5, 0.6) is 0 Å². The Balaban J connectivity index is 3.28. The van der Waals surface area contributed by atoms with Crippen LogP contribution in [0.25, 0.3) is 0 Å². The zero-order valence-corrected chi connectivity index (χ0v) is 9.19. The number of rotatable bonds is 7. The highest BCUT2D eigenvalue weighted by molar-refractivity contribution is 7.99. The van der Waals surface area contributed by atoms with E-state index in [1.54, 1.807) is 11.8 Å². The molecule has 0 heterocycles. The first-order valence-electron chi connectivity index (χ1n) is 4.69. The fraction of sp³-hybridized carbons (Fsp3) is 0.889. The topological polar surface area (TPSA) is 49.3 Å². The van der Waals surface area contributed by atoms with Crippen molar-refractivity contribution in [3.8, 4) is 0 Å². The second-order valence-corrected chi connectivity index (χ2v) is 4.44. The second-order valence-electron chi connectivity index (χ2n) is 2.90. The van der Waals surface area contributed by atoms with E-state index in [2.05, 4.69) is 12.2 Å². The molecule has 0 saturated heterocycles. The van der Waals surface area contributed by atoms with Crippen molar-refractivity contribution < 1.29 is 9.90 Å². The molecule has 78 valence electrons. The van der Waals surface area contributed by atoms with Gasteiger partial charge in [0, 0.05) is 30.6 Å². The summed E-state index contributed by atoms with van der Waals surface area (Å²) in [7, 11) is 0. The fourth-order valence-corrected chi connectivity index (χ4v) is 1.88. The fourth-order valence-electron chi connectivity index (χ4n) is 0.904. The summed E-state index contributed by atoms with van der Waals surface area (Å²) in [6, 6.07) is 0. The molecule has 0 saturated carbocycles. The van der Waals surface area contributed by atoms with Crippen LogP contribution in [0.1, 0.15) is 26.7 Å². The van der Waals surface area contributed by atoms with Crippen molar-refractivity contribution in [2.45, 2.75) is 31.9 Å². The molecule has 0 aliphatic heterocycles. The summed E-state index contributed by atoms with van der Waals surface area (Å²) < 4.78 is 0. The Kier molecular flexibility index (Phi) is 8.24. The predicted octanol–water partition coefficient (Wildman–Crippen LogP) is 1.02. The molecule has 0 radical (unpaired) electrons. The van der Waals surface area contributed by atoms with E-state index in [4.69, 9.17) is 5.11 Å². The molecule has 1 amide bonds. The van der Waals surface area contributed by atoms with E-state index >= 15 is 0 Å². The Hall–Kier alpha value is -0.220. The standard InChI is InChI=1S/C9H19NO2S/c1-3-10-9(12)5-7-13-8(2)4-6-11/h8,11H,3-7H2,1-2H3,(H,10,12). The van der Waals surface area contributed by atoms with Crippen LogP contribution in [0.3, 0.4) is 0 Å². The van der Waals surface area contributed by atoms with Gasteiger partial charge < -0.3 is 10.4 Å². The van der Waals surface area contributed by atoms with Gasteiger partial charge in [-0.3, -0.25) is 4.79 Å². The largest absolute Gasteiger partial charge is 0.396 e. The van der Waals surface area contributed by atoms with Crippen molar-refractivity contribution in [1.29, 1.82) is 0 Å². The summed E-state index contributed by atoms with van der Waals surface area (Å²) in [4.78, 5) is 11.0. The first-order valence-corrected chi connectivity index (χ1v) is 5.74. The van der Waals surface area contributed by atoms with Crippen molar-refractivity contribution in [3.05, 3.63) is 0 Å². The summed E-state index contributed by atoms with van der Waals surface area (Å²) in [6.07, 6.45) is 1.38. The molecule has 3 nitrogen and oxygen atoms in total. The van der Waals surface area contributed by atoms with Gasteiger partial charge in [-0.25, -0.2) is 0 Å². The van der Waals surface area contributed by atoms with Crippen LogP contribution >= 0.6 is 11.8 Å². The smallest absolute Gasteiger partial charge is 0.220 e. The molecule has 0 aromatic carbocycles. The number of thioether (sulfide) groups is 1. The Bertz CT molecular complexity index is 142. The highest BCUT2D eigenvalue weighted by atomic mass is 32.2. The van der Waals surface area contributed by atoms with Crippen molar-refractivity contribution >= 4 is 17.7 Å². The Morgan fingerprint density at radius 3 is 2.85 bits per heavy atom. The van der Waals surface area contributed by atoms with Crippen LogP contribution in [0.2, 0.25) is 0 Å². The van der Waals surface area contributed by atoms with Gasteiger partial charge >= 0.3 is 0 Å². The van der Waals surface area contributed by atoms with Crippen LogP contribution in [0.4, 0.5) is 0 Å². The molecule has 0 aliphatic rings. The summed E-state index contributed by atoms with van der Waals surface area (Å²) in [5.41, 5.74) is 0. The monoisotopic (exact) mass is 205 g/mol. The number of aliphatic hydroxyl groups is 1. The molecular weight excluding hydrogens is 186 g/mol. The Labute approximate surface area is 84.3 Å². The zero-order chi connectivity index (χ0) is 10.1. The van der Waals surface area contributed by atoms with Crippen LogP contribution in [-0.2, 0) is 4.79 Å². The predicted molar refractivity (Wildman–Crippen MR) is 56.9 cm³/mol. The average molecular weight is 205 g/mol. The lowest BCUT2D eigenvalue weighted by Crippen LogP contribution is -2.23. The van der Waals surface area contributed by atoms with E-state index in [-0.39, 0.29) is 12.5 Å². The molecule has 0 spiro atoms. The highest BCUT2D eigenvalue weighted by Gasteiger charge is 2.03. The second kappa shape index (κ2) is 8.38. The number of carbonyl (C=O) groups excluding carboxylic acids is 1. The third-order valence-electron chi connectivity index (χ3n) is 1.64. The van der Waals surface area contributed by atoms with Gasteiger partial charge in [0.15, 0.2) is 0 Å².